The Labute approximate surface area is 147 Å². The predicted octanol–water partition coefficient (Wildman–Crippen LogP) is 0.444. The Morgan fingerprint density at radius 1 is 1.16 bits per heavy atom. The second-order valence-corrected chi connectivity index (χ2v) is 7.13. The number of ether oxygens (including phenoxy) is 2. The van der Waals surface area contributed by atoms with E-state index >= 15 is 0 Å². The smallest absolute Gasteiger partial charge is 0.264 e. The molecule has 2 atom stereocenters. The molecule has 7 heteroatoms. The first-order chi connectivity index (χ1) is 12.0. The van der Waals surface area contributed by atoms with Gasteiger partial charge in [0, 0.05) is 38.2 Å². The molecule has 2 saturated heterocycles. The fourth-order valence-corrected chi connectivity index (χ4v) is 3.80. The molecule has 0 N–H and O–H groups in total. The number of hydrogen-bond donors (Lipinski definition) is 0. The van der Waals surface area contributed by atoms with E-state index in [1.807, 2.05) is 4.90 Å². The SMILES string of the molecule is CN1C(=O)COc2ccc(C(=O)N3C[C@@H]4COC[C@H](C3)N(C)C4)cc21. The van der Waals surface area contributed by atoms with Crippen molar-refractivity contribution in [1.29, 1.82) is 0 Å². The van der Waals surface area contributed by atoms with Crippen LogP contribution >= 0.6 is 0 Å². The first-order valence-corrected chi connectivity index (χ1v) is 8.63. The van der Waals surface area contributed by atoms with E-state index in [4.69, 9.17) is 9.47 Å². The molecule has 0 saturated carbocycles. The Bertz CT molecular complexity index is 708. The molecule has 2 fully saturated rings. The zero-order valence-corrected chi connectivity index (χ0v) is 14.6. The van der Waals surface area contributed by atoms with Crippen molar-refractivity contribution < 1.29 is 19.1 Å². The maximum atomic E-state index is 13.1. The lowest BCUT2D eigenvalue weighted by atomic mass is 10.1. The number of carbonyl (C=O) groups is 2. The monoisotopic (exact) mass is 345 g/mol. The second kappa shape index (κ2) is 6.31. The van der Waals surface area contributed by atoms with E-state index in [2.05, 4.69) is 11.9 Å². The summed E-state index contributed by atoms with van der Waals surface area (Å²) in [5.41, 5.74) is 1.24. The highest BCUT2D eigenvalue weighted by molar-refractivity contribution is 6.01. The van der Waals surface area contributed by atoms with E-state index in [-0.39, 0.29) is 24.5 Å². The molecule has 0 spiro atoms. The topological polar surface area (TPSA) is 62.3 Å². The van der Waals surface area contributed by atoms with Gasteiger partial charge in [0.05, 0.1) is 24.9 Å². The molecular formula is C18H23N3O4. The fraction of sp³-hybridized carbons (Fsp3) is 0.556. The summed E-state index contributed by atoms with van der Waals surface area (Å²) in [5, 5.41) is 0. The molecule has 4 rings (SSSR count). The Morgan fingerprint density at radius 2 is 2.00 bits per heavy atom. The number of hydrogen-bond acceptors (Lipinski definition) is 5. The Kier molecular flexibility index (Phi) is 4.13. The van der Waals surface area contributed by atoms with Gasteiger partial charge in [-0.2, -0.15) is 0 Å². The molecule has 7 nitrogen and oxygen atoms in total. The third kappa shape index (κ3) is 2.98. The molecule has 0 radical (unpaired) electrons. The summed E-state index contributed by atoms with van der Waals surface area (Å²) >= 11 is 0. The third-order valence-corrected chi connectivity index (χ3v) is 5.32. The lowest BCUT2D eigenvalue weighted by Crippen LogP contribution is -2.44. The van der Waals surface area contributed by atoms with Gasteiger partial charge in [0.15, 0.2) is 6.61 Å². The van der Waals surface area contributed by atoms with Crippen LogP contribution in [0.25, 0.3) is 0 Å². The van der Waals surface area contributed by atoms with Gasteiger partial charge in [-0.15, -0.1) is 0 Å². The van der Waals surface area contributed by atoms with Crippen LogP contribution in [0, 0.1) is 5.92 Å². The highest BCUT2D eigenvalue weighted by Gasteiger charge is 2.34. The van der Waals surface area contributed by atoms with Crippen LogP contribution in [0.2, 0.25) is 0 Å². The minimum Gasteiger partial charge on any atom is -0.482 e. The molecule has 134 valence electrons. The molecule has 2 bridgehead atoms. The average Bonchev–Trinajstić information content (AvgIpc) is 2.86. The van der Waals surface area contributed by atoms with Crippen molar-refractivity contribution in [2.75, 3.05) is 58.5 Å². The predicted molar refractivity (Wildman–Crippen MR) is 92.0 cm³/mol. The molecule has 0 unspecified atom stereocenters. The van der Waals surface area contributed by atoms with Crippen LogP contribution in [0.4, 0.5) is 5.69 Å². The fourth-order valence-electron chi connectivity index (χ4n) is 3.80. The van der Waals surface area contributed by atoms with E-state index < -0.39 is 0 Å². The molecule has 3 aliphatic rings. The van der Waals surface area contributed by atoms with Crippen LogP contribution in [0.3, 0.4) is 0 Å². The van der Waals surface area contributed by atoms with Gasteiger partial charge in [-0.3, -0.25) is 14.5 Å². The summed E-state index contributed by atoms with van der Waals surface area (Å²) in [4.78, 5) is 30.7. The van der Waals surface area contributed by atoms with Crippen molar-refractivity contribution in [3.8, 4) is 5.75 Å². The van der Waals surface area contributed by atoms with Gasteiger partial charge < -0.3 is 19.3 Å². The summed E-state index contributed by atoms with van der Waals surface area (Å²) in [6.07, 6.45) is 0. The first-order valence-electron chi connectivity index (χ1n) is 8.63. The summed E-state index contributed by atoms with van der Waals surface area (Å²) in [7, 11) is 3.80. The van der Waals surface area contributed by atoms with Gasteiger partial charge >= 0.3 is 0 Å². The second-order valence-electron chi connectivity index (χ2n) is 7.13. The van der Waals surface area contributed by atoms with Crippen LogP contribution in [0.15, 0.2) is 18.2 Å². The molecular weight excluding hydrogens is 322 g/mol. The zero-order chi connectivity index (χ0) is 17.6. The quantitative estimate of drug-likeness (QED) is 0.739. The van der Waals surface area contributed by atoms with Crippen LogP contribution in [-0.2, 0) is 9.53 Å². The molecule has 1 aromatic carbocycles. The number of nitrogens with zero attached hydrogens (tertiary/aromatic N) is 3. The molecule has 0 aliphatic carbocycles. The minimum absolute atomic E-state index is 0.00132. The number of rotatable bonds is 1. The molecule has 2 amide bonds. The Morgan fingerprint density at radius 3 is 2.84 bits per heavy atom. The average molecular weight is 345 g/mol. The van der Waals surface area contributed by atoms with Gasteiger partial charge in [-0.1, -0.05) is 0 Å². The van der Waals surface area contributed by atoms with Crippen molar-refractivity contribution in [3.63, 3.8) is 0 Å². The van der Waals surface area contributed by atoms with Crippen molar-refractivity contribution in [1.82, 2.24) is 9.80 Å². The maximum Gasteiger partial charge on any atom is 0.264 e. The van der Waals surface area contributed by atoms with Crippen molar-refractivity contribution in [2.45, 2.75) is 6.04 Å². The van der Waals surface area contributed by atoms with Crippen LogP contribution < -0.4 is 9.64 Å². The highest BCUT2D eigenvalue weighted by atomic mass is 16.5. The van der Waals surface area contributed by atoms with Gasteiger partial charge in [0.2, 0.25) is 0 Å². The van der Waals surface area contributed by atoms with Crippen molar-refractivity contribution in [2.24, 2.45) is 5.92 Å². The molecule has 0 aromatic heterocycles. The van der Waals surface area contributed by atoms with E-state index in [1.165, 1.54) is 0 Å². The Balaban J connectivity index is 1.60. The van der Waals surface area contributed by atoms with Crippen LogP contribution in [0.1, 0.15) is 10.4 Å². The van der Waals surface area contributed by atoms with Crippen LogP contribution in [0.5, 0.6) is 5.75 Å². The number of fused-ring (bicyclic) bond motifs is 4. The van der Waals surface area contributed by atoms with Crippen molar-refractivity contribution in [3.05, 3.63) is 23.8 Å². The number of benzene rings is 1. The maximum absolute atomic E-state index is 13.1. The lowest BCUT2D eigenvalue weighted by molar-refractivity contribution is -0.120. The number of carbonyl (C=O) groups excluding carboxylic acids is 2. The summed E-state index contributed by atoms with van der Waals surface area (Å²) in [6, 6.07) is 5.54. The zero-order valence-electron chi connectivity index (χ0n) is 14.6. The molecule has 1 aromatic rings. The number of likely N-dealkylation sites (N-methyl/N-ethyl adjacent to an activating group) is 2. The van der Waals surface area contributed by atoms with E-state index in [0.717, 1.165) is 6.54 Å². The van der Waals surface area contributed by atoms with Gasteiger partial charge in [-0.05, 0) is 25.2 Å². The van der Waals surface area contributed by atoms with E-state index in [0.29, 0.717) is 49.2 Å². The highest BCUT2D eigenvalue weighted by Crippen LogP contribution is 2.32. The number of anilines is 1. The minimum atomic E-state index is -0.111. The number of amides is 2. The summed E-state index contributed by atoms with van der Waals surface area (Å²) in [6.45, 7) is 3.70. The molecule has 3 aliphatic heterocycles. The summed E-state index contributed by atoms with van der Waals surface area (Å²) < 4.78 is 11.2. The van der Waals surface area contributed by atoms with Crippen LogP contribution in [-0.4, -0.2) is 81.2 Å². The van der Waals surface area contributed by atoms with Gasteiger partial charge in [-0.25, -0.2) is 0 Å². The normalized spacial score (nSPS) is 26.7. The standard InChI is InChI=1S/C18H23N3O4/c1-19-6-12-7-21(8-14(19)10-24-9-12)18(23)13-3-4-16-15(5-13)20(2)17(22)11-25-16/h3-5,12,14H,6-11H2,1-2H3/t12-,14+/m1/s1. The Hall–Kier alpha value is -2.12. The third-order valence-electron chi connectivity index (χ3n) is 5.32. The largest absolute Gasteiger partial charge is 0.482 e. The van der Waals surface area contributed by atoms with Crippen molar-refractivity contribution >= 4 is 17.5 Å². The molecule has 25 heavy (non-hydrogen) atoms. The van der Waals surface area contributed by atoms with Gasteiger partial charge in [0.25, 0.3) is 11.8 Å². The lowest BCUT2D eigenvalue weighted by Gasteiger charge is -2.30. The molecule has 3 heterocycles. The van der Waals surface area contributed by atoms with E-state index in [1.54, 1.807) is 30.1 Å². The first kappa shape index (κ1) is 16.4. The van der Waals surface area contributed by atoms with E-state index in [9.17, 15) is 9.59 Å². The van der Waals surface area contributed by atoms with Gasteiger partial charge in [0.1, 0.15) is 5.75 Å². The summed E-state index contributed by atoms with van der Waals surface area (Å²) in [5.74, 6) is 0.854.